The van der Waals surface area contributed by atoms with E-state index >= 15 is 0 Å². The van der Waals surface area contributed by atoms with Crippen molar-refractivity contribution in [3.8, 4) is 0 Å². The SMILES string of the molecule is C[SiH](C)[Ti]([CH3])([CH3])([CH3])([NH2])([C]1=CC=CC1)([c]1ccccc1)([C](C)(C)C)[C](C)(C)C. The quantitative estimate of drug-likeness (QED) is 0.502. The summed E-state index contributed by atoms with van der Waals surface area (Å²) in [7, 11) is -6.26. The summed E-state index contributed by atoms with van der Waals surface area (Å²) in [5.74, 6) is 0. The third kappa shape index (κ3) is 1.16. The second-order valence-corrected chi connectivity index (χ2v) is 70.2. The summed E-state index contributed by atoms with van der Waals surface area (Å²) < 4.78 is 11.5. The van der Waals surface area contributed by atoms with Crippen LogP contribution in [0.3, 0.4) is 0 Å². The Balaban J connectivity index is 3.81. The first-order valence-corrected chi connectivity index (χ1v) is 25.2. The summed E-state index contributed by atoms with van der Waals surface area (Å²) in [6.07, 6.45) is 7.91. The third-order valence-corrected chi connectivity index (χ3v) is 102. The number of allylic oxidation sites excluding steroid dienone is 4. The van der Waals surface area contributed by atoms with Crippen LogP contribution in [0.25, 0.3) is 0 Å². The maximum atomic E-state index is 9.01. The summed E-state index contributed by atoms with van der Waals surface area (Å²) in [5.41, 5.74) is 0. The fourth-order valence-electron chi connectivity index (χ4n) is 8.45. The number of hydrogen-bond donors (Lipinski definition) is 1. The third-order valence-electron chi connectivity index (χ3n) is 16.7. The van der Waals surface area contributed by atoms with Gasteiger partial charge in [0.25, 0.3) is 0 Å². The van der Waals surface area contributed by atoms with E-state index in [-0.39, 0.29) is 7.44 Å². The molecule has 0 fully saturated rings. The van der Waals surface area contributed by atoms with Crippen LogP contribution in [-0.2, 0) is 9.69 Å². The molecule has 27 heavy (non-hydrogen) atoms. The molecule has 0 atom stereocenters. The fourth-order valence-corrected chi connectivity index (χ4v) is 54.5. The molecule has 0 saturated carbocycles. The summed E-state index contributed by atoms with van der Waals surface area (Å²) in [6, 6.07) is 11.3. The zero-order valence-corrected chi connectivity index (χ0v) is 22.7. The molecule has 1 aromatic carbocycles. The molecule has 1 aliphatic carbocycles. The summed E-state index contributed by atoms with van der Waals surface area (Å²) in [5, 5.41) is 7.89. The van der Waals surface area contributed by atoms with Gasteiger partial charge in [-0.1, -0.05) is 0 Å². The van der Waals surface area contributed by atoms with E-state index in [0.29, 0.717) is 0 Å². The molecular weight excluding hydrogens is 378 g/mol. The van der Waals surface area contributed by atoms with Crippen molar-refractivity contribution in [2.75, 3.05) is 0 Å². The van der Waals surface area contributed by atoms with Crippen molar-refractivity contribution in [2.24, 2.45) is 4.22 Å². The molecule has 1 aliphatic rings. The van der Waals surface area contributed by atoms with E-state index in [9.17, 15) is 0 Å². The van der Waals surface area contributed by atoms with E-state index < -0.39 is 16.4 Å². The van der Waals surface area contributed by atoms with Crippen LogP contribution in [0.15, 0.2) is 52.4 Å². The molecule has 2 N–H and O–H groups in total. The Morgan fingerprint density at radius 3 is 1.59 bits per heavy atom. The fraction of sp³-hybridized carbons (Fsp3) is 0.583. The van der Waals surface area contributed by atoms with Crippen LogP contribution in [0, 0.1) is 0 Å². The van der Waals surface area contributed by atoms with Crippen LogP contribution >= 0.6 is 0 Å². The van der Waals surface area contributed by atoms with Gasteiger partial charge in [-0.05, 0) is 0 Å². The Morgan fingerprint density at radius 1 is 0.852 bits per heavy atom. The van der Waals surface area contributed by atoms with Crippen LogP contribution in [-0.4, -0.2) is 6.66 Å². The number of benzene rings is 1. The first kappa shape index (κ1) is 22.9. The average Bonchev–Trinajstić information content (AvgIpc) is 3.03. The molecule has 1 aromatic rings. The summed E-state index contributed by atoms with van der Waals surface area (Å²) in [4.78, 5) is 0. The van der Waals surface area contributed by atoms with Gasteiger partial charge in [-0.25, -0.2) is 0 Å². The van der Waals surface area contributed by atoms with Crippen molar-refractivity contribution in [2.45, 2.75) is 84.2 Å². The molecule has 155 valence electrons. The molecule has 0 aliphatic heterocycles. The van der Waals surface area contributed by atoms with Crippen LogP contribution < -0.4 is 8.08 Å². The van der Waals surface area contributed by atoms with E-state index in [4.69, 9.17) is 4.22 Å². The summed E-state index contributed by atoms with van der Waals surface area (Å²) >= 11 is 0. The predicted octanol–water partition coefficient (Wildman–Crippen LogP) is 7.43. The molecular formula is C24H46NSiTi. The van der Waals surface area contributed by atoms with E-state index in [0.717, 1.165) is 6.42 Å². The van der Waals surface area contributed by atoms with Gasteiger partial charge in [0.05, 0.1) is 0 Å². The second-order valence-electron chi connectivity index (χ2n) is 16.6. The Hall–Kier alpha value is -0.409. The van der Waals surface area contributed by atoms with Gasteiger partial charge < -0.3 is 0 Å². The van der Waals surface area contributed by atoms with Crippen LogP contribution in [0.4, 0.5) is 0 Å². The number of nitrogens with two attached hydrogens (primary N) is 1. The molecule has 3 heteroatoms. The molecule has 0 amide bonds. The molecule has 1 nitrogen and oxygen atoms in total. The van der Waals surface area contributed by atoms with Crippen molar-refractivity contribution in [3.63, 3.8) is 0 Å². The van der Waals surface area contributed by atoms with Crippen LogP contribution in [0.1, 0.15) is 48.0 Å². The van der Waals surface area contributed by atoms with E-state index in [1.807, 2.05) is 0 Å². The van der Waals surface area contributed by atoms with Crippen molar-refractivity contribution < 1.29 is 9.69 Å². The minimum atomic E-state index is -6.26. The van der Waals surface area contributed by atoms with Crippen molar-refractivity contribution in [3.05, 3.63) is 52.4 Å². The second kappa shape index (κ2) is 3.60. The van der Waals surface area contributed by atoms with Gasteiger partial charge in [-0.2, -0.15) is 0 Å². The molecule has 0 heterocycles. The molecule has 0 spiro atoms. The van der Waals surface area contributed by atoms with Crippen LogP contribution in [0.2, 0.25) is 36.2 Å². The van der Waals surface area contributed by atoms with Crippen molar-refractivity contribution in [1.82, 2.24) is 0 Å². The molecule has 0 aromatic heterocycles. The molecule has 0 bridgehead atoms. The maximum absolute atomic E-state index is 9.01. The van der Waals surface area contributed by atoms with Gasteiger partial charge in [0.1, 0.15) is 0 Å². The van der Waals surface area contributed by atoms with Gasteiger partial charge in [-0.15, -0.1) is 0 Å². The molecule has 0 radical (unpaired) electrons. The zero-order chi connectivity index (χ0) is 21.4. The normalized spacial score (nSPS) is 24.0. The van der Waals surface area contributed by atoms with E-state index in [2.05, 4.69) is 119 Å². The van der Waals surface area contributed by atoms with Crippen molar-refractivity contribution in [1.29, 1.82) is 0 Å². The molecule has 2 rings (SSSR count). The average molecular weight is 425 g/mol. The first-order chi connectivity index (χ1) is 11.5. The van der Waals surface area contributed by atoms with Gasteiger partial charge in [0, 0.05) is 0 Å². The first-order valence-electron chi connectivity index (χ1n) is 10.9. The van der Waals surface area contributed by atoms with E-state index in [1.165, 1.54) is 7.75 Å². The van der Waals surface area contributed by atoms with Gasteiger partial charge in [0.15, 0.2) is 0 Å². The molecule has 0 unspecified atom stereocenters. The predicted molar refractivity (Wildman–Crippen MR) is 128 cm³/mol. The van der Waals surface area contributed by atoms with Gasteiger partial charge >= 0.3 is 161 Å². The Bertz CT molecular complexity index is 947. The number of hydrogen-bond acceptors (Lipinski definition) is 1. The minimum absolute atomic E-state index is 0.183. The summed E-state index contributed by atoms with van der Waals surface area (Å²) in [6.45, 7) is 18.0. The van der Waals surface area contributed by atoms with Gasteiger partial charge in [0.2, 0.25) is 0 Å². The Kier molecular flexibility index (Phi) is 3.05. The number of rotatable bonds is 3. The molecule has 0 saturated heterocycles. The standard InChI is InChI=1S/C6H5.C5H5.2C4H9.C2H7Si.3CH3.H2N.Ti/c1-2-4-6-5-3-1;1-2-4-5-3-1;2*1-4(2)3;1-3-2;;;;;/h1-5H;1-3H,4H2;2*1-3H3;3H,1-2H3;3*1H3;1H2;/q;;;;;;;;-1;+1. The van der Waals surface area contributed by atoms with Gasteiger partial charge in [-0.3, -0.25) is 0 Å². The van der Waals surface area contributed by atoms with Crippen molar-refractivity contribution >= 4 is 10.5 Å². The van der Waals surface area contributed by atoms with E-state index in [1.54, 1.807) is 0 Å². The Morgan fingerprint density at radius 2 is 1.30 bits per heavy atom. The topological polar surface area (TPSA) is 26.0 Å². The zero-order valence-electron chi connectivity index (χ0n) is 20.0. The Labute approximate surface area is 160 Å². The van der Waals surface area contributed by atoms with Crippen LogP contribution in [0.5, 0.6) is 0 Å². The monoisotopic (exact) mass is 424 g/mol.